The second-order valence-electron chi connectivity index (χ2n) is 8.28. The summed E-state index contributed by atoms with van der Waals surface area (Å²) < 4.78 is 0. The van der Waals surface area contributed by atoms with E-state index in [1.807, 2.05) is 42.5 Å². The van der Waals surface area contributed by atoms with Crippen molar-refractivity contribution in [1.82, 2.24) is 16.0 Å². The average molecular weight is 441 g/mol. The van der Waals surface area contributed by atoms with Gasteiger partial charge in [0.2, 0.25) is 11.8 Å². The first kappa shape index (κ1) is 23.7. The number of carbonyl (C=O) groups excluding carboxylic acids is 2. The van der Waals surface area contributed by atoms with Crippen LogP contribution in [0.3, 0.4) is 0 Å². The minimum atomic E-state index is -1.09. The van der Waals surface area contributed by atoms with Crippen molar-refractivity contribution in [3.8, 4) is 0 Å². The van der Waals surface area contributed by atoms with Gasteiger partial charge in [0.25, 0.3) is 0 Å². The number of benzene rings is 2. The van der Waals surface area contributed by atoms with Crippen LogP contribution in [0.2, 0.25) is 0 Å². The minimum Gasteiger partial charge on any atom is -0.480 e. The molecule has 8 nitrogen and oxygen atoms in total. The number of hydrogen-bond acceptors (Lipinski definition) is 5. The number of carbonyl (C=O) groups is 3. The Balaban J connectivity index is 1.75. The molecule has 3 rings (SSSR count). The Morgan fingerprint density at radius 1 is 1.06 bits per heavy atom. The summed E-state index contributed by atoms with van der Waals surface area (Å²) in [6.07, 6.45) is 3.46. The number of nitrogens with one attached hydrogen (secondary N) is 3. The fourth-order valence-electron chi connectivity index (χ4n) is 4.01. The third kappa shape index (κ3) is 6.51. The second kappa shape index (κ2) is 11.6. The van der Waals surface area contributed by atoms with Crippen LogP contribution in [0.25, 0.3) is 10.8 Å². The molecule has 1 aliphatic rings. The van der Waals surface area contributed by atoms with Crippen molar-refractivity contribution in [3.63, 3.8) is 0 Å². The average Bonchev–Trinajstić information content (AvgIpc) is 3.33. The predicted octanol–water partition coefficient (Wildman–Crippen LogP) is 1.32. The summed E-state index contributed by atoms with van der Waals surface area (Å²) in [7, 11) is 0. The number of aliphatic carboxylic acids is 1. The molecule has 6 N–H and O–H groups in total. The van der Waals surface area contributed by atoms with Crippen molar-refractivity contribution in [3.05, 3.63) is 48.0 Å². The van der Waals surface area contributed by atoms with Gasteiger partial charge in [0.1, 0.15) is 12.1 Å². The molecular weight excluding hydrogens is 408 g/mol. The Morgan fingerprint density at radius 2 is 1.84 bits per heavy atom. The van der Waals surface area contributed by atoms with E-state index in [1.165, 1.54) is 0 Å². The van der Waals surface area contributed by atoms with Crippen LogP contribution in [0.1, 0.15) is 37.7 Å². The Kier molecular flexibility index (Phi) is 8.58. The number of unbranched alkanes of at least 4 members (excludes halogenated alkanes) is 1. The van der Waals surface area contributed by atoms with Crippen molar-refractivity contribution in [1.29, 1.82) is 0 Å². The monoisotopic (exact) mass is 440 g/mol. The van der Waals surface area contributed by atoms with Crippen LogP contribution < -0.4 is 21.7 Å². The lowest BCUT2D eigenvalue weighted by Crippen LogP contribution is -2.55. The molecule has 0 saturated carbocycles. The Hall–Kier alpha value is -2.97. The molecule has 0 spiro atoms. The number of fused-ring (bicyclic) bond motifs is 1. The van der Waals surface area contributed by atoms with Gasteiger partial charge in [-0.1, -0.05) is 42.5 Å². The SMILES string of the molecule is NCCCC[C@H](NC(=O)[C@H](Cc1ccc2ccccc2c1)NC(=O)[C@@H]1CCCN1)C(=O)O. The summed E-state index contributed by atoms with van der Waals surface area (Å²) in [6, 6.07) is 11.6. The van der Waals surface area contributed by atoms with Gasteiger partial charge in [-0.25, -0.2) is 4.79 Å². The molecule has 8 heteroatoms. The van der Waals surface area contributed by atoms with Crippen LogP contribution in [0.5, 0.6) is 0 Å². The maximum Gasteiger partial charge on any atom is 0.326 e. The summed E-state index contributed by atoms with van der Waals surface area (Å²) in [4.78, 5) is 37.4. The largest absolute Gasteiger partial charge is 0.480 e. The molecular formula is C24H32N4O4. The number of rotatable bonds is 11. The van der Waals surface area contributed by atoms with Gasteiger partial charge in [0.15, 0.2) is 0 Å². The maximum atomic E-state index is 13.1. The highest BCUT2D eigenvalue weighted by Crippen LogP contribution is 2.17. The zero-order valence-electron chi connectivity index (χ0n) is 18.2. The molecule has 3 atom stereocenters. The van der Waals surface area contributed by atoms with Crippen LogP contribution >= 0.6 is 0 Å². The first-order valence-corrected chi connectivity index (χ1v) is 11.2. The Bertz CT molecular complexity index is 942. The molecule has 0 aromatic heterocycles. The van der Waals surface area contributed by atoms with Gasteiger partial charge in [-0.3, -0.25) is 9.59 Å². The van der Waals surface area contributed by atoms with Crippen LogP contribution in [-0.4, -0.2) is 54.1 Å². The maximum absolute atomic E-state index is 13.1. The third-order valence-corrected chi connectivity index (χ3v) is 5.82. The number of carboxylic acid groups (broad SMARTS) is 1. The van der Waals surface area contributed by atoms with E-state index >= 15 is 0 Å². The van der Waals surface area contributed by atoms with E-state index in [0.29, 0.717) is 32.2 Å². The topological polar surface area (TPSA) is 134 Å². The minimum absolute atomic E-state index is 0.238. The molecule has 1 saturated heterocycles. The summed E-state index contributed by atoms with van der Waals surface area (Å²) in [5.41, 5.74) is 6.38. The van der Waals surface area contributed by atoms with Gasteiger partial charge < -0.3 is 26.8 Å². The lowest BCUT2D eigenvalue weighted by Gasteiger charge is -2.23. The molecule has 0 radical (unpaired) electrons. The summed E-state index contributed by atoms with van der Waals surface area (Å²) in [6.45, 7) is 1.23. The molecule has 172 valence electrons. The highest BCUT2D eigenvalue weighted by Gasteiger charge is 2.30. The number of nitrogens with two attached hydrogens (primary N) is 1. The molecule has 2 aromatic carbocycles. The molecule has 0 unspecified atom stereocenters. The van der Waals surface area contributed by atoms with E-state index < -0.39 is 24.0 Å². The Labute approximate surface area is 187 Å². The molecule has 1 heterocycles. The van der Waals surface area contributed by atoms with Crippen LogP contribution in [0.4, 0.5) is 0 Å². The molecule has 2 amide bonds. The number of amides is 2. The van der Waals surface area contributed by atoms with Gasteiger partial charge >= 0.3 is 5.97 Å². The van der Waals surface area contributed by atoms with Crippen molar-refractivity contribution >= 4 is 28.6 Å². The van der Waals surface area contributed by atoms with Crippen molar-refractivity contribution < 1.29 is 19.5 Å². The summed E-state index contributed by atoms with van der Waals surface area (Å²) >= 11 is 0. The van der Waals surface area contributed by atoms with E-state index in [2.05, 4.69) is 16.0 Å². The van der Waals surface area contributed by atoms with E-state index in [1.54, 1.807) is 0 Å². The Morgan fingerprint density at radius 3 is 2.53 bits per heavy atom. The van der Waals surface area contributed by atoms with E-state index in [0.717, 1.165) is 29.3 Å². The molecule has 2 aromatic rings. The molecule has 0 bridgehead atoms. The van der Waals surface area contributed by atoms with Gasteiger partial charge in [-0.2, -0.15) is 0 Å². The fourth-order valence-corrected chi connectivity index (χ4v) is 4.01. The van der Waals surface area contributed by atoms with Gasteiger partial charge in [0, 0.05) is 6.42 Å². The van der Waals surface area contributed by atoms with E-state index in [4.69, 9.17) is 5.73 Å². The smallest absolute Gasteiger partial charge is 0.326 e. The van der Waals surface area contributed by atoms with Crippen LogP contribution in [0.15, 0.2) is 42.5 Å². The van der Waals surface area contributed by atoms with E-state index in [9.17, 15) is 19.5 Å². The van der Waals surface area contributed by atoms with Crippen LogP contribution in [0, 0.1) is 0 Å². The molecule has 1 fully saturated rings. The zero-order valence-corrected chi connectivity index (χ0v) is 18.2. The number of carboxylic acids is 1. The number of hydrogen-bond donors (Lipinski definition) is 5. The van der Waals surface area contributed by atoms with Gasteiger partial charge in [-0.05, 0) is 61.5 Å². The van der Waals surface area contributed by atoms with Crippen LogP contribution in [-0.2, 0) is 20.8 Å². The lowest BCUT2D eigenvalue weighted by molar-refractivity contribution is -0.142. The van der Waals surface area contributed by atoms with Gasteiger partial charge in [0.05, 0.1) is 6.04 Å². The summed E-state index contributed by atoms with van der Waals surface area (Å²) in [5.74, 6) is -1.83. The van der Waals surface area contributed by atoms with Crippen molar-refractivity contribution in [2.24, 2.45) is 5.73 Å². The lowest BCUT2D eigenvalue weighted by atomic mass is 10.00. The molecule has 0 aliphatic carbocycles. The first-order chi connectivity index (χ1) is 15.5. The van der Waals surface area contributed by atoms with Crippen molar-refractivity contribution in [2.75, 3.05) is 13.1 Å². The second-order valence-corrected chi connectivity index (χ2v) is 8.28. The predicted molar refractivity (Wildman–Crippen MR) is 123 cm³/mol. The van der Waals surface area contributed by atoms with Gasteiger partial charge in [-0.15, -0.1) is 0 Å². The summed E-state index contributed by atoms with van der Waals surface area (Å²) in [5, 5.41) is 20.2. The highest BCUT2D eigenvalue weighted by atomic mass is 16.4. The molecule has 32 heavy (non-hydrogen) atoms. The zero-order chi connectivity index (χ0) is 22.9. The van der Waals surface area contributed by atoms with E-state index in [-0.39, 0.29) is 18.4 Å². The van der Waals surface area contributed by atoms with Crippen molar-refractivity contribution in [2.45, 2.75) is 56.7 Å². The quantitative estimate of drug-likeness (QED) is 0.335. The normalized spacial score (nSPS) is 17.6. The highest BCUT2D eigenvalue weighted by molar-refractivity contribution is 5.92. The third-order valence-electron chi connectivity index (χ3n) is 5.82. The standard InChI is InChI=1S/C24H32N4O4/c25-12-4-3-8-20(24(31)32)27-23(30)21(28-22(29)19-9-5-13-26-19)15-16-10-11-17-6-1-2-7-18(17)14-16/h1-2,6-7,10-11,14,19-21,26H,3-5,8-9,12-13,15,25H2,(H,27,30)(H,28,29)(H,31,32)/t19-,20-,21-/m0/s1. The molecule has 1 aliphatic heterocycles. The fraction of sp³-hybridized carbons (Fsp3) is 0.458. The first-order valence-electron chi connectivity index (χ1n) is 11.2.